The van der Waals surface area contributed by atoms with Crippen LogP contribution in [0.4, 0.5) is 11.8 Å². The van der Waals surface area contributed by atoms with Gasteiger partial charge >= 0.3 is 0 Å². The van der Waals surface area contributed by atoms with Crippen LogP contribution < -0.4 is 15.4 Å². The topological polar surface area (TPSA) is 114 Å². The zero-order valence-electron chi connectivity index (χ0n) is 14.8. The van der Waals surface area contributed by atoms with E-state index >= 15 is 0 Å². The standard InChI is InChI=1S/C17H24N6O2S/c1-13-7-10-23(11-8-13)17-21-16(12-20-22-17)19-9-6-14-2-4-15(5-3-14)26(18,24)25/h2-5,12-13H,6-11H2,1H3,(H2,18,24,25)(H,19,21,22). The van der Waals surface area contributed by atoms with Crippen molar-refractivity contribution < 1.29 is 8.42 Å². The van der Waals surface area contributed by atoms with E-state index in [9.17, 15) is 8.42 Å². The number of hydrogen-bond acceptors (Lipinski definition) is 7. The second kappa shape index (κ2) is 7.96. The third kappa shape index (κ3) is 4.89. The van der Waals surface area contributed by atoms with Crippen molar-refractivity contribution in [3.05, 3.63) is 36.0 Å². The van der Waals surface area contributed by atoms with Crippen molar-refractivity contribution in [2.45, 2.75) is 31.1 Å². The van der Waals surface area contributed by atoms with Gasteiger partial charge in [-0.2, -0.15) is 10.1 Å². The van der Waals surface area contributed by atoms with Gasteiger partial charge in [0.05, 0.1) is 11.1 Å². The average molecular weight is 376 g/mol. The highest BCUT2D eigenvalue weighted by atomic mass is 32.2. The molecule has 1 aromatic heterocycles. The third-order valence-electron chi connectivity index (χ3n) is 4.59. The molecule has 1 saturated heterocycles. The van der Waals surface area contributed by atoms with E-state index in [0.717, 1.165) is 43.8 Å². The fourth-order valence-corrected chi connectivity index (χ4v) is 3.42. The Morgan fingerprint density at radius 2 is 1.92 bits per heavy atom. The number of aromatic nitrogens is 3. The van der Waals surface area contributed by atoms with Crippen LogP contribution in [0.5, 0.6) is 0 Å². The van der Waals surface area contributed by atoms with Gasteiger partial charge in [-0.25, -0.2) is 13.6 Å². The van der Waals surface area contributed by atoms with Gasteiger partial charge in [-0.15, -0.1) is 5.10 Å². The fourth-order valence-electron chi connectivity index (χ4n) is 2.90. The summed E-state index contributed by atoms with van der Waals surface area (Å²) < 4.78 is 22.5. The van der Waals surface area contributed by atoms with Gasteiger partial charge in [0.2, 0.25) is 16.0 Å². The van der Waals surface area contributed by atoms with Gasteiger partial charge in [-0.3, -0.25) is 0 Å². The molecule has 1 aliphatic heterocycles. The molecular formula is C17H24N6O2S. The summed E-state index contributed by atoms with van der Waals surface area (Å²) in [4.78, 5) is 6.84. The largest absolute Gasteiger partial charge is 0.368 e. The molecule has 0 atom stereocenters. The molecule has 0 amide bonds. The van der Waals surface area contributed by atoms with Crippen molar-refractivity contribution >= 4 is 21.8 Å². The lowest BCUT2D eigenvalue weighted by molar-refractivity contribution is 0.433. The van der Waals surface area contributed by atoms with Gasteiger partial charge in [0.15, 0.2) is 5.82 Å². The van der Waals surface area contributed by atoms with E-state index in [2.05, 4.69) is 32.3 Å². The van der Waals surface area contributed by atoms with Crippen LogP contribution in [0.3, 0.4) is 0 Å². The number of primary sulfonamides is 1. The highest BCUT2D eigenvalue weighted by molar-refractivity contribution is 7.89. The Bertz CT molecular complexity index is 833. The maximum atomic E-state index is 11.3. The van der Waals surface area contributed by atoms with E-state index in [1.54, 1.807) is 18.3 Å². The molecule has 0 saturated carbocycles. The van der Waals surface area contributed by atoms with E-state index in [-0.39, 0.29) is 4.90 Å². The highest BCUT2D eigenvalue weighted by Gasteiger charge is 2.18. The van der Waals surface area contributed by atoms with E-state index in [4.69, 9.17) is 5.14 Å². The number of rotatable bonds is 6. The number of anilines is 2. The van der Waals surface area contributed by atoms with Crippen LogP contribution in [-0.4, -0.2) is 43.2 Å². The Morgan fingerprint density at radius 3 is 2.58 bits per heavy atom. The monoisotopic (exact) mass is 376 g/mol. The third-order valence-corrected chi connectivity index (χ3v) is 5.52. The van der Waals surface area contributed by atoms with E-state index in [1.165, 1.54) is 12.1 Å². The van der Waals surface area contributed by atoms with E-state index < -0.39 is 10.0 Å². The minimum atomic E-state index is -3.65. The first-order chi connectivity index (χ1) is 12.4. The summed E-state index contributed by atoms with van der Waals surface area (Å²) in [5, 5.41) is 16.5. The number of nitrogens with two attached hydrogens (primary N) is 1. The maximum Gasteiger partial charge on any atom is 0.247 e. The Hall–Kier alpha value is -2.26. The molecule has 0 radical (unpaired) electrons. The molecule has 0 unspecified atom stereocenters. The average Bonchev–Trinajstić information content (AvgIpc) is 2.62. The van der Waals surface area contributed by atoms with Gasteiger partial charge in [0, 0.05) is 19.6 Å². The molecule has 2 aromatic rings. The number of piperidine rings is 1. The van der Waals surface area contributed by atoms with Crippen LogP contribution in [0, 0.1) is 5.92 Å². The van der Waals surface area contributed by atoms with Gasteiger partial charge in [-0.05, 0) is 42.9 Å². The Morgan fingerprint density at radius 1 is 1.23 bits per heavy atom. The van der Waals surface area contributed by atoms with E-state index in [0.29, 0.717) is 18.3 Å². The van der Waals surface area contributed by atoms with Crippen LogP contribution in [0.25, 0.3) is 0 Å². The van der Waals surface area contributed by atoms with Crippen LogP contribution in [0.2, 0.25) is 0 Å². The normalized spacial score (nSPS) is 15.8. The Balaban J connectivity index is 1.54. The number of nitrogens with zero attached hydrogens (tertiary/aromatic N) is 4. The number of hydrogen-bond donors (Lipinski definition) is 2. The molecule has 9 heteroatoms. The number of benzene rings is 1. The summed E-state index contributed by atoms with van der Waals surface area (Å²) in [5.74, 6) is 2.11. The van der Waals surface area contributed by atoms with Crippen molar-refractivity contribution in [1.82, 2.24) is 15.2 Å². The molecule has 3 N–H and O–H groups in total. The lowest BCUT2D eigenvalue weighted by Crippen LogP contribution is -2.34. The first kappa shape index (κ1) is 18.5. The number of nitrogens with one attached hydrogen (secondary N) is 1. The van der Waals surface area contributed by atoms with Gasteiger partial charge in [-0.1, -0.05) is 19.1 Å². The smallest absolute Gasteiger partial charge is 0.247 e. The highest BCUT2D eigenvalue weighted by Crippen LogP contribution is 2.20. The Kier molecular flexibility index (Phi) is 5.67. The Labute approximate surface area is 153 Å². The molecule has 3 rings (SSSR count). The first-order valence-electron chi connectivity index (χ1n) is 8.72. The van der Waals surface area contributed by atoms with E-state index in [1.807, 2.05) is 0 Å². The molecule has 1 aromatic carbocycles. The van der Waals surface area contributed by atoms with Crippen molar-refractivity contribution in [2.75, 3.05) is 29.9 Å². The summed E-state index contributed by atoms with van der Waals surface area (Å²) in [6.07, 6.45) is 4.64. The minimum absolute atomic E-state index is 0.120. The SMILES string of the molecule is CC1CCN(c2nncc(NCCc3ccc(S(N)(=O)=O)cc3)n2)CC1. The predicted octanol–water partition coefficient (Wildman–Crippen LogP) is 1.41. The zero-order chi connectivity index (χ0) is 18.6. The molecule has 1 fully saturated rings. The molecule has 0 aliphatic carbocycles. The zero-order valence-corrected chi connectivity index (χ0v) is 15.6. The molecule has 1 aliphatic rings. The van der Waals surface area contributed by atoms with Crippen molar-refractivity contribution in [3.8, 4) is 0 Å². The van der Waals surface area contributed by atoms with Crippen LogP contribution in [0.15, 0.2) is 35.4 Å². The minimum Gasteiger partial charge on any atom is -0.368 e. The summed E-state index contributed by atoms with van der Waals surface area (Å²) >= 11 is 0. The van der Waals surface area contributed by atoms with Gasteiger partial charge in [0.25, 0.3) is 0 Å². The lowest BCUT2D eigenvalue weighted by atomic mass is 10.00. The van der Waals surface area contributed by atoms with Crippen molar-refractivity contribution in [3.63, 3.8) is 0 Å². The van der Waals surface area contributed by atoms with Crippen molar-refractivity contribution in [2.24, 2.45) is 11.1 Å². The van der Waals surface area contributed by atoms with Crippen LogP contribution in [-0.2, 0) is 16.4 Å². The fraction of sp³-hybridized carbons (Fsp3) is 0.471. The lowest BCUT2D eigenvalue weighted by Gasteiger charge is -2.29. The molecule has 2 heterocycles. The summed E-state index contributed by atoms with van der Waals surface area (Å²) in [7, 11) is -3.65. The first-order valence-corrected chi connectivity index (χ1v) is 10.3. The summed E-state index contributed by atoms with van der Waals surface area (Å²) in [6.45, 7) is 4.85. The second-order valence-corrected chi connectivity index (χ2v) is 8.24. The summed E-state index contributed by atoms with van der Waals surface area (Å²) in [5.41, 5.74) is 1.01. The maximum absolute atomic E-state index is 11.3. The van der Waals surface area contributed by atoms with Gasteiger partial charge in [0.1, 0.15) is 0 Å². The molecule has 26 heavy (non-hydrogen) atoms. The molecular weight excluding hydrogens is 352 g/mol. The van der Waals surface area contributed by atoms with Crippen LogP contribution in [0.1, 0.15) is 25.3 Å². The summed E-state index contributed by atoms with van der Waals surface area (Å²) in [6, 6.07) is 6.57. The molecule has 0 spiro atoms. The number of sulfonamides is 1. The second-order valence-electron chi connectivity index (χ2n) is 6.68. The molecule has 140 valence electrons. The van der Waals surface area contributed by atoms with Crippen LogP contribution >= 0.6 is 0 Å². The van der Waals surface area contributed by atoms with Crippen molar-refractivity contribution in [1.29, 1.82) is 0 Å². The predicted molar refractivity (Wildman–Crippen MR) is 100 cm³/mol. The quantitative estimate of drug-likeness (QED) is 0.783. The molecule has 0 bridgehead atoms. The molecule has 8 nitrogen and oxygen atoms in total. The van der Waals surface area contributed by atoms with Gasteiger partial charge < -0.3 is 10.2 Å².